The van der Waals surface area contributed by atoms with Crippen molar-refractivity contribution in [3.8, 4) is 16.9 Å². The van der Waals surface area contributed by atoms with Gasteiger partial charge in [-0.3, -0.25) is 4.79 Å². The van der Waals surface area contributed by atoms with Crippen LogP contribution in [0, 0.1) is 0 Å². The Morgan fingerprint density at radius 3 is 2.76 bits per heavy atom. The van der Waals surface area contributed by atoms with Crippen LogP contribution in [0.5, 0.6) is 5.75 Å². The summed E-state index contributed by atoms with van der Waals surface area (Å²) in [7, 11) is 0. The van der Waals surface area contributed by atoms with E-state index in [0.717, 1.165) is 16.0 Å². The van der Waals surface area contributed by atoms with Gasteiger partial charge in [-0.15, -0.1) is 11.3 Å². The molecule has 0 saturated carbocycles. The fourth-order valence-corrected chi connectivity index (χ4v) is 4.81. The summed E-state index contributed by atoms with van der Waals surface area (Å²) in [5, 5.41) is 12.7. The molecule has 5 nitrogen and oxygen atoms in total. The van der Waals surface area contributed by atoms with Gasteiger partial charge in [-0.2, -0.15) is 0 Å². The average Bonchev–Trinajstić information content (AvgIpc) is 3.12. The van der Waals surface area contributed by atoms with E-state index in [-0.39, 0.29) is 23.1 Å². The quantitative estimate of drug-likeness (QED) is 0.556. The van der Waals surface area contributed by atoms with Crippen LogP contribution in [0.15, 0.2) is 67.3 Å². The number of rotatable bonds is 6. The summed E-state index contributed by atoms with van der Waals surface area (Å²) in [4.78, 5) is 25.6. The summed E-state index contributed by atoms with van der Waals surface area (Å²) >= 11 is 1.22. The van der Waals surface area contributed by atoms with Crippen LogP contribution < -0.4 is 10.1 Å². The normalized spacial score (nSPS) is 15.3. The van der Waals surface area contributed by atoms with E-state index in [1.807, 2.05) is 54.6 Å². The predicted molar refractivity (Wildman–Crippen MR) is 114 cm³/mol. The van der Waals surface area contributed by atoms with Crippen molar-refractivity contribution in [2.45, 2.75) is 12.3 Å². The van der Waals surface area contributed by atoms with Gasteiger partial charge < -0.3 is 15.2 Å². The number of hydrogen-bond acceptors (Lipinski definition) is 4. The lowest BCUT2D eigenvalue weighted by Gasteiger charge is -2.24. The zero-order chi connectivity index (χ0) is 20.4. The van der Waals surface area contributed by atoms with E-state index < -0.39 is 5.97 Å². The van der Waals surface area contributed by atoms with Crippen molar-refractivity contribution in [2.24, 2.45) is 0 Å². The van der Waals surface area contributed by atoms with Crippen molar-refractivity contribution in [1.29, 1.82) is 0 Å². The van der Waals surface area contributed by atoms with E-state index in [1.54, 1.807) is 6.08 Å². The molecule has 1 atom stereocenters. The van der Waals surface area contributed by atoms with Gasteiger partial charge in [0.15, 0.2) is 0 Å². The molecule has 1 aliphatic heterocycles. The second kappa shape index (κ2) is 7.93. The molecule has 0 spiro atoms. The maximum Gasteiger partial charge on any atom is 0.346 e. The maximum absolute atomic E-state index is 12.5. The van der Waals surface area contributed by atoms with E-state index in [0.29, 0.717) is 23.6 Å². The van der Waals surface area contributed by atoms with Gasteiger partial charge in [-0.25, -0.2) is 4.79 Å². The smallest absolute Gasteiger partial charge is 0.346 e. The molecule has 1 aromatic heterocycles. The minimum absolute atomic E-state index is 0.133. The Morgan fingerprint density at radius 1 is 1.24 bits per heavy atom. The highest BCUT2D eigenvalue weighted by Gasteiger charge is 2.34. The molecule has 6 heteroatoms. The molecular weight excluding hydrogens is 386 g/mol. The number of ether oxygens (including phenoxy) is 1. The molecule has 146 valence electrons. The molecule has 29 heavy (non-hydrogen) atoms. The van der Waals surface area contributed by atoms with Crippen molar-refractivity contribution in [2.75, 3.05) is 11.9 Å². The van der Waals surface area contributed by atoms with Crippen LogP contribution in [0.3, 0.4) is 0 Å². The lowest BCUT2D eigenvalue weighted by atomic mass is 9.88. The highest BCUT2D eigenvalue weighted by molar-refractivity contribution is 7.15. The van der Waals surface area contributed by atoms with Gasteiger partial charge in [0.25, 0.3) is 0 Å². The zero-order valence-electron chi connectivity index (χ0n) is 15.6. The number of carboxylic acid groups (broad SMARTS) is 1. The Labute approximate surface area is 172 Å². The number of nitrogens with one attached hydrogen (secondary N) is 1. The van der Waals surface area contributed by atoms with Gasteiger partial charge in [0.2, 0.25) is 5.91 Å². The lowest BCUT2D eigenvalue weighted by Crippen LogP contribution is -2.22. The van der Waals surface area contributed by atoms with Crippen LogP contribution in [-0.2, 0) is 4.79 Å². The number of benzene rings is 2. The van der Waals surface area contributed by atoms with Gasteiger partial charge in [0.1, 0.15) is 17.2 Å². The third-order valence-electron chi connectivity index (χ3n) is 4.79. The van der Waals surface area contributed by atoms with Gasteiger partial charge >= 0.3 is 5.97 Å². The van der Waals surface area contributed by atoms with Crippen molar-refractivity contribution >= 4 is 28.9 Å². The highest BCUT2D eigenvalue weighted by atomic mass is 32.1. The second-order valence-corrected chi connectivity index (χ2v) is 7.75. The molecular formula is C23H19NO4S. The first-order valence-electron chi connectivity index (χ1n) is 9.17. The maximum atomic E-state index is 12.5. The average molecular weight is 405 g/mol. The minimum atomic E-state index is -1.00. The van der Waals surface area contributed by atoms with E-state index in [4.69, 9.17) is 4.74 Å². The summed E-state index contributed by atoms with van der Waals surface area (Å²) in [5.41, 5.74) is 2.85. The SMILES string of the molecule is C=CCOc1cccc([C@H]2CC(=O)Nc3c2sc(C(=O)O)c3-c2ccccc2)c1. The molecule has 0 saturated heterocycles. The van der Waals surface area contributed by atoms with E-state index in [1.165, 1.54) is 11.3 Å². The molecule has 0 bridgehead atoms. The van der Waals surface area contributed by atoms with Crippen LogP contribution >= 0.6 is 11.3 Å². The molecule has 0 radical (unpaired) electrons. The molecule has 0 unspecified atom stereocenters. The van der Waals surface area contributed by atoms with Gasteiger partial charge in [0, 0.05) is 22.8 Å². The summed E-state index contributed by atoms with van der Waals surface area (Å²) in [6, 6.07) is 16.9. The monoisotopic (exact) mass is 405 g/mol. The van der Waals surface area contributed by atoms with Gasteiger partial charge in [-0.05, 0) is 23.3 Å². The Bertz CT molecular complexity index is 1090. The summed E-state index contributed by atoms with van der Waals surface area (Å²) in [6.45, 7) is 4.04. The second-order valence-electron chi connectivity index (χ2n) is 6.69. The van der Waals surface area contributed by atoms with Crippen LogP contribution in [0.25, 0.3) is 11.1 Å². The van der Waals surface area contributed by atoms with Crippen molar-refractivity contribution < 1.29 is 19.4 Å². The Hall–Kier alpha value is -3.38. The Morgan fingerprint density at radius 2 is 2.03 bits per heavy atom. The topological polar surface area (TPSA) is 75.6 Å². The van der Waals surface area contributed by atoms with Crippen molar-refractivity contribution in [3.05, 3.63) is 82.6 Å². The number of fused-ring (bicyclic) bond motifs is 1. The number of carbonyl (C=O) groups excluding carboxylic acids is 1. The Kier molecular flexibility index (Phi) is 5.18. The molecule has 1 amide bonds. The zero-order valence-corrected chi connectivity index (χ0v) is 16.4. The molecule has 0 aliphatic carbocycles. The third kappa shape index (κ3) is 3.67. The largest absolute Gasteiger partial charge is 0.490 e. The molecule has 1 aliphatic rings. The van der Waals surface area contributed by atoms with Crippen LogP contribution in [0.2, 0.25) is 0 Å². The van der Waals surface area contributed by atoms with E-state index in [2.05, 4.69) is 11.9 Å². The highest BCUT2D eigenvalue weighted by Crippen LogP contribution is 2.49. The third-order valence-corrected chi connectivity index (χ3v) is 6.08. The molecule has 3 aromatic rings. The standard InChI is InChI=1S/C23H19NO4S/c1-2-11-28-16-10-6-9-15(12-16)17-13-18(25)24-20-19(14-7-4-3-5-8-14)22(23(26)27)29-21(17)20/h2-10,12,17H,1,11,13H2,(H,24,25)(H,26,27)/t17-/m1/s1. The molecule has 2 N–H and O–H groups in total. The number of carbonyl (C=O) groups is 2. The van der Waals surface area contributed by atoms with Crippen LogP contribution in [0.4, 0.5) is 5.69 Å². The number of amides is 1. The van der Waals surface area contributed by atoms with Crippen molar-refractivity contribution in [1.82, 2.24) is 0 Å². The number of anilines is 1. The van der Waals surface area contributed by atoms with E-state index in [9.17, 15) is 14.7 Å². The fraction of sp³-hybridized carbons (Fsp3) is 0.130. The van der Waals surface area contributed by atoms with Gasteiger partial charge in [0.05, 0.1) is 5.69 Å². The van der Waals surface area contributed by atoms with Crippen LogP contribution in [0.1, 0.15) is 32.5 Å². The fourth-order valence-electron chi connectivity index (χ4n) is 3.56. The first-order valence-corrected chi connectivity index (χ1v) is 9.99. The Balaban J connectivity index is 1.85. The summed E-state index contributed by atoms with van der Waals surface area (Å²) in [5.74, 6) is -0.675. The van der Waals surface area contributed by atoms with Crippen LogP contribution in [-0.4, -0.2) is 23.6 Å². The summed E-state index contributed by atoms with van der Waals surface area (Å²) < 4.78 is 5.63. The lowest BCUT2D eigenvalue weighted by molar-refractivity contribution is -0.116. The first kappa shape index (κ1) is 19.0. The number of hydrogen-bond donors (Lipinski definition) is 2. The number of thiophene rings is 1. The van der Waals surface area contributed by atoms with Gasteiger partial charge in [-0.1, -0.05) is 55.1 Å². The summed E-state index contributed by atoms with van der Waals surface area (Å²) in [6.07, 6.45) is 1.93. The number of carboxylic acids is 1. The number of aromatic carboxylic acids is 1. The van der Waals surface area contributed by atoms with E-state index >= 15 is 0 Å². The molecule has 2 aromatic carbocycles. The first-order chi connectivity index (χ1) is 14.1. The molecule has 0 fully saturated rings. The van der Waals surface area contributed by atoms with Crippen molar-refractivity contribution in [3.63, 3.8) is 0 Å². The molecule has 4 rings (SSSR count). The predicted octanol–water partition coefficient (Wildman–Crippen LogP) is 5.15. The minimum Gasteiger partial charge on any atom is -0.490 e. The molecule has 2 heterocycles.